The maximum absolute atomic E-state index is 9.99. The number of para-hydroxylation sites is 2. The molecular formula is C17H17NO3S. The third-order valence-corrected chi connectivity index (χ3v) is 4.11. The molecule has 0 bridgehead atoms. The van der Waals surface area contributed by atoms with E-state index in [0.717, 1.165) is 16.8 Å². The molecule has 0 unspecified atom stereocenters. The number of aliphatic hydroxyl groups is 1. The van der Waals surface area contributed by atoms with Gasteiger partial charge in [0, 0.05) is 5.75 Å². The predicted molar refractivity (Wildman–Crippen MR) is 87.4 cm³/mol. The summed E-state index contributed by atoms with van der Waals surface area (Å²) in [4.78, 5) is 4.36. The largest absolute Gasteiger partial charge is 0.491 e. The molecule has 114 valence electrons. The summed E-state index contributed by atoms with van der Waals surface area (Å²) in [6.07, 6.45) is -0.582. The standard InChI is InChI=1S/C17H17NO3S/c1-12-6-8-14(9-7-12)20-10-13(19)11-22-17-18-15-4-2-3-5-16(15)21-17/h2-9,13,19H,10-11H2,1H3/t13-/m1/s1. The van der Waals surface area contributed by atoms with Gasteiger partial charge in [0.25, 0.3) is 5.22 Å². The second-order valence-corrected chi connectivity index (χ2v) is 6.01. The fourth-order valence-corrected chi connectivity index (χ4v) is 2.70. The van der Waals surface area contributed by atoms with Gasteiger partial charge in [-0.05, 0) is 31.2 Å². The van der Waals surface area contributed by atoms with E-state index >= 15 is 0 Å². The number of hydrogen-bond acceptors (Lipinski definition) is 5. The van der Waals surface area contributed by atoms with Crippen molar-refractivity contribution in [2.24, 2.45) is 0 Å². The van der Waals surface area contributed by atoms with Gasteiger partial charge < -0.3 is 14.3 Å². The first kappa shape index (κ1) is 14.9. The Morgan fingerprint density at radius 2 is 1.95 bits per heavy atom. The number of rotatable bonds is 6. The van der Waals surface area contributed by atoms with Crippen LogP contribution in [0.5, 0.6) is 5.75 Å². The zero-order valence-corrected chi connectivity index (χ0v) is 13.0. The van der Waals surface area contributed by atoms with Crippen LogP contribution < -0.4 is 4.74 Å². The summed E-state index contributed by atoms with van der Waals surface area (Å²) in [6.45, 7) is 2.27. The molecule has 0 aliphatic heterocycles. The first-order chi connectivity index (χ1) is 10.7. The van der Waals surface area contributed by atoms with Crippen LogP contribution in [0.4, 0.5) is 0 Å². The SMILES string of the molecule is Cc1ccc(OC[C@@H](O)CSc2nc3ccccc3o2)cc1. The van der Waals surface area contributed by atoms with E-state index in [-0.39, 0.29) is 6.61 Å². The minimum atomic E-state index is -0.582. The van der Waals surface area contributed by atoms with E-state index in [1.807, 2.05) is 55.5 Å². The Hall–Kier alpha value is -1.98. The summed E-state index contributed by atoms with van der Waals surface area (Å²) in [5.41, 5.74) is 2.77. The number of aliphatic hydroxyl groups excluding tert-OH is 1. The smallest absolute Gasteiger partial charge is 0.256 e. The maximum Gasteiger partial charge on any atom is 0.256 e. The molecule has 0 saturated carbocycles. The Labute approximate surface area is 133 Å². The van der Waals surface area contributed by atoms with E-state index < -0.39 is 6.10 Å². The van der Waals surface area contributed by atoms with Crippen LogP contribution in [-0.2, 0) is 0 Å². The molecular weight excluding hydrogens is 298 g/mol. The summed E-state index contributed by atoms with van der Waals surface area (Å²) in [7, 11) is 0. The second-order valence-electron chi connectivity index (χ2n) is 5.04. The first-order valence-electron chi connectivity index (χ1n) is 7.06. The molecule has 1 atom stereocenters. The van der Waals surface area contributed by atoms with Gasteiger partial charge in [-0.25, -0.2) is 4.98 Å². The molecule has 0 radical (unpaired) electrons. The lowest BCUT2D eigenvalue weighted by molar-refractivity contribution is 0.126. The summed E-state index contributed by atoms with van der Waals surface area (Å²) in [5, 5.41) is 10.6. The number of aromatic nitrogens is 1. The third kappa shape index (κ3) is 3.81. The molecule has 0 spiro atoms. The van der Waals surface area contributed by atoms with Crippen molar-refractivity contribution in [2.45, 2.75) is 18.3 Å². The number of aryl methyl sites for hydroxylation is 1. The van der Waals surface area contributed by atoms with Crippen LogP contribution in [0.15, 0.2) is 58.2 Å². The van der Waals surface area contributed by atoms with Crippen molar-refractivity contribution in [1.29, 1.82) is 0 Å². The summed E-state index contributed by atoms with van der Waals surface area (Å²) < 4.78 is 11.2. The average Bonchev–Trinajstić information content (AvgIpc) is 2.95. The van der Waals surface area contributed by atoms with Crippen LogP contribution in [0.25, 0.3) is 11.1 Å². The molecule has 0 fully saturated rings. The van der Waals surface area contributed by atoms with Crippen molar-refractivity contribution in [3.05, 3.63) is 54.1 Å². The highest BCUT2D eigenvalue weighted by Gasteiger charge is 2.10. The van der Waals surface area contributed by atoms with Crippen molar-refractivity contribution in [2.75, 3.05) is 12.4 Å². The number of thioether (sulfide) groups is 1. The summed E-state index contributed by atoms with van der Waals surface area (Å²) >= 11 is 1.38. The number of nitrogens with zero attached hydrogens (tertiary/aromatic N) is 1. The van der Waals surface area contributed by atoms with Crippen molar-refractivity contribution < 1.29 is 14.3 Å². The Balaban J connectivity index is 1.49. The molecule has 5 heteroatoms. The van der Waals surface area contributed by atoms with Crippen LogP contribution in [0.1, 0.15) is 5.56 Å². The lowest BCUT2D eigenvalue weighted by Gasteiger charge is -2.11. The van der Waals surface area contributed by atoms with Crippen molar-refractivity contribution in [3.8, 4) is 5.75 Å². The molecule has 0 saturated heterocycles. The fraction of sp³-hybridized carbons (Fsp3) is 0.235. The number of oxazole rings is 1. The molecule has 3 aromatic rings. The Kier molecular flexibility index (Phi) is 4.65. The zero-order valence-electron chi connectivity index (χ0n) is 12.2. The Morgan fingerprint density at radius 1 is 1.18 bits per heavy atom. The van der Waals surface area contributed by atoms with Crippen LogP contribution in [0, 0.1) is 6.92 Å². The molecule has 4 nitrogen and oxygen atoms in total. The molecule has 3 rings (SSSR count). The maximum atomic E-state index is 9.99. The number of benzene rings is 2. The van der Waals surface area contributed by atoms with Crippen molar-refractivity contribution >= 4 is 22.9 Å². The molecule has 1 N–H and O–H groups in total. The minimum Gasteiger partial charge on any atom is -0.491 e. The van der Waals surface area contributed by atoms with Gasteiger partial charge in [-0.3, -0.25) is 0 Å². The van der Waals surface area contributed by atoms with Gasteiger partial charge in [-0.15, -0.1) is 0 Å². The number of ether oxygens (including phenoxy) is 1. The lowest BCUT2D eigenvalue weighted by Crippen LogP contribution is -2.20. The van der Waals surface area contributed by atoms with Crippen LogP contribution in [0.2, 0.25) is 0 Å². The van der Waals surface area contributed by atoms with Gasteiger partial charge in [-0.2, -0.15) is 0 Å². The van der Waals surface area contributed by atoms with Gasteiger partial charge in [0.1, 0.15) is 17.9 Å². The normalized spacial score (nSPS) is 12.5. The zero-order chi connectivity index (χ0) is 15.4. The molecule has 1 aromatic heterocycles. The molecule has 1 heterocycles. The monoisotopic (exact) mass is 315 g/mol. The highest BCUT2D eigenvalue weighted by Crippen LogP contribution is 2.23. The van der Waals surface area contributed by atoms with Gasteiger partial charge in [0.2, 0.25) is 0 Å². The van der Waals surface area contributed by atoms with E-state index in [1.165, 1.54) is 17.3 Å². The van der Waals surface area contributed by atoms with Gasteiger partial charge >= 0.3 is 0 Å². The quantitative estimate of drug-likeness (QED) is 0.703. The highest BCUT2D eigenvalue weighted by molar-refractivity contribution is 7.99. The lowest BCUT2D eigenvalue weighted by atomic mass is 10.2. The van der Waals surface area contributed by atoms with E-state index in [0.29, 0.717) is 11.0 Å². The highest BCUT2D eigenvalue weighted by atomic mass is 32.2. The van der Waals surface area contributed by atoms with Crippen molar-refractivity contribution in [1.82, 2.24) is 4.98 Å². The van der Waals surface area contributed by atoms with Crippen LogP contribution >= 0.6 is 11.8 Å². The minimum absolute atomic E-state index is 0.246. The van der Waals surface area contributed by atoms with E-state index in [2.05, 4.69) is 4.98 Å². The molecule has 0 aliphatic carbocycles. The topological polar surface area (TPSA) is 55.5 Å². The van der Waals surface area contributed by atoms with Crippen LogP contribution in [0.3, 0.4) is 0 Å². The predicted octanol–water partition coefficient (Wildman–Crippen LogP) is 3.67. The number of fused-ring (bicyclic) bond motifs is 1. The molecule has 2 aromatic carbocycles. The summed E-state index contributed by atoms with van der Waals surface area (Å²) in [5.74, 6) is 1.23. The first-order valence-corrected chi connectivity index (χ1v) is 8.05. The summed E-state index contributed by atoms with van der Waals surface area (Å²) in [6, 6.07) is 15.4. The van der Waals surface area contributed by atoms with Gasteiger partial charge in [0.15, 0.2) is 5.58 Å². The Bertz CT molecular complexity index is 706. The fourth-order valence-electron chi connectivity index (χ4n) is 1.96. The average molecular weight is 315 g/mol. The molecule has 0 aliphatic rings. The van der Waals surface area contributed by atoms with E-state index in [1.54, 1.807) is 0 Å². The molecule has 22 heavy (non-hydrogen) atoms. The van der Waals surface area contributed by atoms with E-state index in [9.17, 15) is 5.11 Å². The molecule has 0 amide bonds. The van der Waals surface area contributed by atoms with E-state index in [4.69, 9.17) is 9.15 Å². The van der Waals surface area contributed by atoms with Gasteiger partial charge in [-0.1, -0.05) is 41.6 Å². The van der Waals surface area contributed by atoms with Crippen molar-refractivity contribution in [3.63, 3.8) is 0 Å². The van der Waals surface area contributed by atoms with Gasteiger partial charge in [0.05, 0.1) is 6.10 Å². The second kappa shape index (κ2) is 6.85. The third-order valence-electron chi connectivity index (χ3n) is 3.14. The number of hydrogen-bond donors (Lipinski definition) is 1. The van der Waals surface area contributed by atoms with Crippen LogP contribution in [-0.4, -0.2) is 28.6 Å². The Morgan fingerprint density at radius 3 is 2.73 bits per heavy atom.